The third-order valence-electron chi connectivity index (χ3n) is 2.46. The van der Waals surface area contributed by atoms with Crippen molar-refractivity contribution in [2.24, 2.45) is 0 Å². The quantitative estimate of drug-likeness (QED) is 0.546. The molecule has 0 radical (unpaired) electrons. The fourth-order valence-electron chi connectivity index (χ4n) is 1.39. The number of hydrogen-bond acceptors (Lipinski definition) is 5. The number of rotatable bonds is 8. The van der Waals surface area contributed by atoms with Crippen LogP contribution >= 0.6 is 11.6 Å². The smallest absolute Gasteiger partial charge is 0.218 e. The molecule has 0 aliphatic carbocycles. The first-order chi connectivity index (χ1) is 9.43. The minimum atomic E-state index is -0.160. The maximum atomic E-state index is 5.98. The van der Waals surface area contributed by atoms with Crippen LogP contribution in [0.15, 0.2) is 6.07 Å². The lowest BCUT2D eigenvalue weighted by atomic mass is 9.96. The first-order valence-corrected chi connectivity index (χ1v) is 7.06. The van der Waals surface area contributed by atoms with Crippen LogP contribution < -0.4 is 4.74 Å². The van der Waals surface area contributed by atoms with Gasteiger partial charge < -0.3 is 14.2 Å². The minimum absolute atomic E-state index is 0.160. The van der Waals surface area contributed by atoms with Gasteiger partial charge in [0.15, 0.2) is 0 Å². The zero-order valence-corrected chi connectivity index (χ0v) is 13.4. The summed E-state index contributed by atoms with van der Waals surface area (Å²) < 4.78 is 15.8. The molecule has 1 aromatic heterocycles. The van der Waals surface area contributed by atoms with E-state index in [1.807, 2.05) is 20.8 Å². The lowest BCUT2D eigenvalue weighted by Crippen LogP contribution is -2.17. The lowest BCUT2D eigenvalue weighted by molar-refractivity contribution is 0.0641. The van der Waals surface area contributed by atoms with Crippen LogP contribution in [0, 0.1) is 0 Å². The molecule has 0 fully saturated rings. The van der Waals surface area contributed by atoms with Gasteiger partial charge in [-0.05, 0) is 0 Å². The van der Waals surface area contributed by atoms with Gasteiger partial charge in [0.25, 0.3) is 0 Å². The fourth-order valence-corrected chi connectivity index (χ4v) is 1.56. The van der Waals surface area contributed by atoms with Gasteiger partial charge in [-0.15, -0.1) is 0 Å². The van der Waals surface area contributed by atoms with E-state index in [1.165, 1.54) is 0 Å². The highest BCUT2D eigenvalue weighted by atomic mass is 35.5. The molecule has 1 heterocycles. The van der Waals surface area contributed by atoms with Crippen LogP contribution in [0.25, 0.3) is 0 Å². The summed E-state index contributed by atoms with van der Waals surface area (Å²) in [7, 11) is 1.65. The number of ether oxygens (including phenoxy) is 3. The van der Waals surface area contributed by atoms with Crippen molar-refractivity contribution < 1.29 is 14.2 Å². The van der Waals surface area contributed by atoms with Crippen molar-refractivity contribution in [2.75, 3.05) is 33.5 Å². The second-order valence-corrected chi connectivity index (χ2v) is 5.80. The van der Waals surface area contributed by atoms with Gasteiger partial charge in [-0.1, -0.05) is 32.4 Å². The number of hydrogen-bond donors (Lipinski definition) is 0. The molecule has 1 rings (SSSR count). The normalized spacial score (nSPS) is 11.7. The maximum absolute atomic E-state index is 5.98. The molecule has 0 N–H and O–H groups in total. The zero-order chi connectivity index (χ0) is 15.0. The van der Waals surface area contributed by atoms with Crippen molar-refractivity contribution in [3.8, 4) is 5.88 Å². The monoisotopic (exact) mass is 302 g/mol. The van der Waals surface area contributed by atoms with Gasteiger partial charge in [0.2, 0.25) is 5.88 Å². The molecule has 0 spiro atoms. The van der Waals surface area contributed by atoms with Crippen molar-refractivity contribution in [3.63, 3.8) is 0 Å². The van der Waals surface area contributed by atoms with E-state index in [9.17, 15) is 0 Å². The van der Waals surface area contributed by atoms with E-state index in [2.05, 4.69) is 9.97 Å². The molecule has 6 heteroatoms. The Morgan fingerprint density at radius 1 is 1.10 bits per heavy atom. The van der Waals surface area contributed by atoms with E-state index >= 15 is 0 Å². The number of nitrogens with zero attached hydrogens (tertiary/aromatic N) is 2. The topological polar surface area (TPSA) is 53.5 Å². The van der Waals surface area contributed by atoms with E-state index in [1.54, 1.807) is 13.2 Å². The number of methoxy groups -OCH3 is 1. The van der Waals surface area contributed by atoms with Gasteiger partial charge in [-0.25, -0.2) is 4.98 Å². The first kappa shape index (κ1) is 17.1. The highest BCUT2D eigenvalue weighted by Crippen LogP contribution is 2.23. The largest absolute Gasteiger partial charge is 0.477 e. The van der Waals surface area contributed by atoms with Gasteiger partial charge in [-0.3, -0.25) is 0 Å². The van der Waals surface area contributed by atoms with Gasteiger partial charge in [0.1, 0.15) is 11.0 Å². The Bertz CT molecular complexity index is 408. The molecule has 0 saturated heterocycles. The average molecular weight is 303 g/mol. The van der Waals surface area contributed by atoms with Gasteiger partial charge in [0, 0.05) is 31.6 Å². The van der Waals surface area contributed by atoms with Crippen molar-refractivity contribution in [2.45, 2.75) is 32.6 Å². The van der Waals surface area contributed by atoms with E-state index in [4.69, 9.17) is 25.8 Å². The Balaban J connectivity index is 2.39. The summed E-state index contributed by atoms with van der Waals surface area (Å²) in [6.45, 7) is 8.48. The first-order valence-electron chi connectivity index (χ1n) is 6.68. The summed E-state index contributed by atoms with van der Waals surface area (Å²) in [5.41, 5.74) is -0.160. The SMILES string of the molecule is COCCOCCCOc1cc(Cl)nc(C(C)(C)C)n1. The Labute approximate surface area is 125 Å². The molecule has 0 amide bonds. The number of halogens is 1. The maximum Gasteiger partial charge on any atom is 0.218 e. The molecule has 0 aliphatic heterocycles. The van der Waals surface area contributed by atoms with Crippen LogP contribution in [0.4, 0.5) is 0 Å². The van der Waals surface area contributed by atoms with Crippen LogP contribution in [0.1, 0.15) is 33.0 Å². The third kappa shape index (κ3) is 6.50. The molecule has 0 bridgehead atoms. The van der Waals surface area contributed by atoms with Crippen molar-refractivity contribution in [3.05, 3.63) is 17.0 Å². The van der Waals surface area contributed by atoms with E-state index in [0.717, 1.165) is 6.42 Å². The van der Waals surface area contributed by atoms with Gasteiger partial charge >= 0.3 is 0 Å². The van der Waals surface area contributed by atoms with Crippen LogP contribution in [0.3, 0.4) is 0 Å². The molecule has 20 heavy (non-hydrogen) atoms. The molecule has 0 aliphatic rings. The minimum Gasteiger partial charge on any atom is -0.477 e. The molecule has 1 aromatic rings. The highest BCUT2D eigenvalue weighted by Gasteiger charge is 2.19. The molecule has 0 saturated carbocycles. The van der Waals surface area contributed by atoms with E-state index in [0.29, 0.717) is 43.3 Å². The summed E-state index contributed by atoms with van der Waals surface area (Å²) in [4.78, 5) is 8.59. The predicted molar refractivity (Wildman–Crippen MR) is 78.5 cm³/mol. The number of aromatic nitrogens is 2. The van der Waals surface area contributed by atoms with Gasteiger partial charge in [0.05, 0.1) is 19.8 Å². The second-order valence-electron chi connectivity index (χ2n) is 5.41. The fraction of sp³-hybridized carbons (Fsp3) is 0.714. The molecule has 0 atom stereocenters. The Morgan fingerprint density at radius 3 is 2.50 bits per heavy atom. The van der Waals surface area contributed by atoms with Crippen molar-refractivity contribution in [1.29, 1.82) is 0 Å². The lowest BCUT2D eigenvalue weighted by Gasteiger charge is -2.17. The summed E-state index contributed by atoms with van der Waals surface area (Å²) in [5.74, 6) is 1.18. The zero-order valence-electron chi connectivity index (χ0n) is 12.6. The highest BCUT2D eigenvalue weighted by molar-refractivity contribution is 6.29. The van der Waals surface area contributed by atoms with Crippen molar-refractivity contribution in [1.82, 2.24) is 9.97 Å². The van der Waals surface area contributed by atoms with Gasteiger partial charge in [-0.2, -0.15) is 4.98 Å². The third-order valence-corrected chi connectivity index (χ3v) is 2.65. The summed E-state index contributed by atoms with van der Waals surface area (Å²) >= 11 is 5.98. The van der Waals surface area contributed by atoms with Crippen LogP contribution in [-0.2, 0) is 14.9 Å². The van der Waals surface area contributed by atoms with Crippen molar-refractivity contribution >= 4 is 11.6 Å². The Kier molecular flexibility index (Phi) is 7.19. The Morgan fingerprint density at radius 2 is 1.85 bits per heavy atom. The molecular formula is C14H23ClN2O3. The Hall–Kier alpha value is -0.910. The van der Waals surface area contributed by atoms with Crippen LogP contribution in [-0.4, -0.2) is 43.5 Å². The van der Waals surface area contributed by atoms with Crippen LogP contribution in [0.2, 0.25) is 5.15 Å². The summed E-state index contributed by atoms with van der Waals surface area (Å²) in [5, 5.41) is 0.399. The standard InChI is InChI=1S/C14H23ClN2O3/c1-14(2,3)13-16-11(15)10-12(17-13)20-7-5-6-19-9-8-18-4/h10H,5-9H2,1-4H3. The second kappa shape index (κ2) is 8.39. The van der Waals surface area contributed by atoms with Crippen LogP contribution in [0.5, 0.6) is 5.88 Å². The summed E-state index contributed by atoms with van der Waals surface area (Å²) in [6.07, 6.45) is 0.788. The molecule has 0 unspecified atom stereocenters. The molecule has 5 nitrogen and oxygen atoms in total. The van der Waals surface area contributed by atoms with E-state index in [-0.39, 0.29) is 5.41 Å². The predicted octanol–water partition coefficient (Wildman–Crippen LogP) is 2.86. The molecule has 0 aromatic carbocycles. The average Bonchev–Trinajstić information content (AvgIpc) is 2.36. The van der Waals surface area contributed by atoms with E-state index < -0.39 is 0 Å². The molecular weight excluding hydrogens is 280 g/mol. The summed E-state index contributed by atoms with van der Waals surface area (Å²) in [6, 6.07) is 1.63. The molecule has 114 valence electrons.